The molecule has 0 amide bonds. The number of nitrogens with two attached hydrogens (primary N) is 2. The Morgan fingerprint density at radius 1 is 1.35 bits per heavy atom. The van der Waals surface area contributed by atoms with Crippen LogP contribution in [0.1, 0.15) is 17.6 Å². The van der Waals surface area contributed by atoms with Gasteiger partial charge in [0, 0.05) is 12.1 Å². The normalized spacial score (nSPS) is 11.9. The quantitative estimate of drug-likeness (QED) is 0.812. The highest BCUT2D eigenvalue weighted by atomic mass is 19.4. The minimum atomic E-state index is -5.09. The molecule has 1 aromatic rings. The molecule has 0 aromatic carbocycles. The number of hydrogen-bond donors (Lipinski definition) is 2. The van der Waals surface area contributed by atoms with Gasteiger partial charge in [-0.1, -0.05) is 0 Å². The van der Waals surface area contributed by atoms with E-state index in [4.69, 9.17) is 11.5 Å². The van der Waals surface area contributed by atoms with Crippen LogP contribution >= 0.6 is 0 Å². The molecule has 0 aliphatic heterocycles. The lowest BCUT2D eigenvalue weighted by Crippen LogP contribution is -2.20. The summed E-state index contributed by atoms with van der Waals surface area (Å²) in [4.78, 5) is 3.32. The van der Waals surface area contributed by atoms with Gasteiger partial charge in [0.25, 0.3) is 6.43 Å². The average Bonchev–Trinajstić information content (AvgIpc) is 2.17. The highest BCUT2D eigenvalue weighted by molar-refractivity contribution is 5.51. The number of rotatable bonds is 3. The first-order valence-electron chi connectivity index (χ1n) is 4.27. The lowest BCUT2D eigenvalue weighted by molar-refractivity contribution is -0.275. The lowest BCUT2D eigenvalue weighted by Gasteiger charge is -2.16. The molecule has 0 aliphatic carbocycles. The van der Waals surface area contributed by atoms with E-state index in [1.54, 1.807) is 0 Å². The monoisotopic (exact) mass is 257 g/mol. The van der Waals surface area contributed by atoms with E-state index < -0.39 is 30.6 Å². The van der Waals surface area contributed by atoms with Crippen LogP contribution in [-0.4, -0.2) is 11.3 Å². The van der Waals surface area contributed by atoms with E-state index in [1.165, 1.54) is 0 Å². The molecule has 1 aromatic heterocycles. The van der Waals surface area contributed by atoms with Crippen molar-refractivity contribution in [2.24, 2.45) is 5.73 Å². The summed E-state index contributed by atoms with van der Waals surface area (Å²) >= 11 is 0. The molecule has 4 N–H and O–H groups in total. The van der Waals surface area contributed by atoms with Crippen molar-refractivity contribution in [3.8, 4) is 5.75 Å². The van der Waals surface area contributed by atoms with Crippen LogP contribution in [0.2, 0.25) is 0 Å². The predicted molar refractivity (Wildman–Crippen MR) is 48.2 cm³/mol. The summed E-state index contributed by atoms with van der Waals surface area (Å²) in [7, 11) is 0. The third kappa shape index (κ3) is 3.16. The van der Waals surface area contributed by atoms with Gasteiger partial charge in [-0.15, -0.1) is 13.2 Å². The zero-order valence-corrected chi connectivity index (χ0v) is 8.26. The predicted octanol–water partition coefficient (Wildman–Crippen LogP) is 1.96. The van der Waals surface area contributed by atoms with Crippen molar-refractivity contribution in [2.45, 2.75) is 19.3 Å². The van der Waals surface area contributed by atoms with Crippen molar-refractivity contribution in [2.75, 3.05) is 5.73 Å². The van der Waals surface area contributed by atoms with Crippen molar-refractivity contribution in [3.05, 3.63) is 17.3 Å². The van der Waals surface area contributed by atoms with Crippen molar-refractivity contribution >= 4 is 5.82 Å². The molecule has 0 saturated carbocycles. The number of nitrogen functional groups attached to an aromatic ring is 1. The van der Waals surface area contributed by atoms with Crippen LogP contribution in [0.5, 0.6) is 5.75 Å². The van der Waals surface area contributed by atoms with Gasteiger partial charge in [0.15, 0.2) is 5.75 Å². The largest absolute Gasteiger partial charge is 0.573 e. The summed E-state index contributed by atoms with van der Waals surface area (Å²) in [5, 5.41) is 0. The van der Waals surface area contributed by atoms with Crippen LogP contribution in [0.15, 0.2) is 6.20 Å². The first-order chi connectivity index (χ1) is 7.76. The SMILES string of the molecule is NCc1c(N)ncc(OC(F)(F)F)c1C(F)F. The molecule has 0 atom stereocenters. The summed E-state index contributed by atoms with van der Waals surface area (Å²) in [5.74, 6) is -1.44. The van der Waals surface area contributed by atoms with Crippen LogP contribution in [0.4, 0.5) is 27.8 Å². The van der Waals surface area contributed by atoms with Crippen molar-refractivity contribution in [1.82, 2.24) is 4.98 Å². The minimum Gasteiger partial charge on any atom is -0.404 e. The maximum Gasteiger partial charge on any atom is 0.573 e. The molecule has 1 heterocycles. The number of alkyl halides is 5. The molecule has 1 rings (SSSR count). The molecule has 4 nitrogen and oxygen atoms in total. The number of aromatic nitrogens is 1. The first kappa shape index (κ1) is 13.4. The topological polar surface area (TPSA) is 74.2 Å². The molecule has 9 heteroatoms. The highest BCUT2D eigenvalue weighted by Gasteiger charge is 2.34. The van der Waals surface area contributed by atoms with Crippen molar-refractivity contribution < 1.29 is 26.7 Å². The Morgan fingerprint density at radius 2 is 1.94 bits per heavy atom. The molecule has 96 valence electrons. The molecule has 17 heavy (non-hydrogen) atoms. The summed E-state index contributed by atoms with van der Waals surface area (Å²) in [6, 6.07) is 0. The number of hydrogen-bond acceptors (Lipinski definition) is 4. The zero-order chi connectivity index (χ0) is 13.2. The fourth-order valence-corrected chi connectivity index (χ4v) is 1.22. The molecule has 0 bridgehead atoms. The number of halogens is 5. The van der Waals surface area contributed by atoms with Crippen molar-refractivity contribution in [1.29, 1.82) is 0 Å². The minimum absolute atomic E-state index is 0.350. The molecule has 0 spiro atoms. The van der Waals surface area contributed by atoms with Crippen LogP contribution in [0.3, 0.4) is 0 Å². The van der Waals surface area contributed by atoms with Gasteiger partial charge in [-0.3, -0.25) is 0 Å². The highest BCUT2D eigenvalue weighted by Crippen LogP contribution is 2.36. The van der Waals surface area contributed by atoms with Gasteiger partial charge >= 0.3 is 6.36 Å². The van der Waals surface area contributed by atoms with Crippen molar-refractivity contribution in [3.63, 3.8) is 0 Å². The molecular formula is C8H8F5N3O. The van der Waals surface area contributed by atoms with Gasteiger partial charge in [-0.25, -0.2) is 13.8 Å². The van der Waals surface area contributed by atoms with Crippen LogP contribution in [-0.2, 0) is 6.54 Å². The number of anilines is 1. The van der Waals surface area contributed by atoms with Gasteiger partial charge in [0.1, 0.15) is 5.82 Å². The van der Waals surface area contributed by atoms with Gasteiger partial charge in [-0.2, -0.15) is 0 Å². The fourth-order valence-electron chi connectivity index (χ4n) is 1.22. The Balaban J connectivity index is 3.30. The third-order valence-electron chi connectivity index (χ3n) is 1.87. The maximum atomic E-state index is 12.6. The Labute approximate surface area is 92.4 Å². The van der Waals surface area contributed by atoms with Gasteiger partial charge in [0.05, 0.1) is 11.8 Å². The Bertz CT molecular complexity index is 407. The van der Waals surface area contributed by atoms with E-state index in [0.717, 1.165) is 0 Å². The molecule has 0 saturated heterocycles. The summed E-state index contributed by atoms with van der Waals surface area (Å²) in [6.07, 6.45) is -7.80. The van der Waals surface area contributed by atoms with E-state index in [0.29, 0.717) is 6.20 Å². The number of pyridine rings is 1. The zero-order valence-electron chi connectivity index (χ0n) is 8.26. The van der Waals surface area contributed by atoms with Gasteiger partial charge < -0.3 is 16.2 Å². The van der Waals surface area contributed by atoms with E-state index in [9.17, 15) is 22.0 Å². The van der Waals surface area contributed by atoms with E-state index in [2.05, 4.69) is 9.72 Å². The second-order valence-electron chi connectivity index (χ2n) is 2.95. The Hall–Kier alpha value is -1.64. The smallest absolute Gasteiger partial charge is 0.404 e. The summed E-state index contributed by atoms with van der Waals surface area (Å²) in [6.45, 7) is -0.465. The first-order valence-corrected chi connectivity index (χ1v) is 4.27. The Morgan fingerprint density at radius 3 is 2.35 bits per heavy atom. The second-order valence-corrected chi connectivity index (χ2v) is 2.95. The lowest BCUT2D eigenvalue weighted by atomic mass is 10.1. The summed E-state index contributed by atoms with van der Waals surface area (Å²) < 4.78 is 64.6. The van der Waals surface area contributed by atoms with Gasteiger partial charge in [0.2, 0.25) is 0 Å². The fraction of sp³-hybridized carbons (Fsp3) is 0.375. The number of ether oxygens (including phenoxy) is 1. The number of nitrogens with zero attached hydrogens (tertiary/aromatic N) is 1. The van der Waals surface area contributed by atoms with Crippen LogP contribution < -0.4 is 16.2 Å². The molecule has 0 unspecified atom stereocenters. The van der Waals surface area contributed by atoms with E-state index >= 15 is 0 Å². The summed E-state index contributed by atoms with van der Waals surface area (Å²) in [5.41, 5.74) is 9.02. The van der Waals surface area contributed by atoms with Gasteiger partial charge in [-0.05, 0) is 0 Å². The molecule has 0 radical (unpaired) electrons. The Kier molecular flexibility index (Phi) is 3.71. The van der Waals surface area contributed by atoms with Crippen LogP contribution in [0.25, 0.3) is 0 Å². The van der Waals surface area contributed by atoms with E-state index in [1.807, 2.05) is 0 Å². The molecular weight excluding hydrogens is 249 g/mol. The maximum absolute atomic E-state index is 12.6. The standard InChI is InChI=1S/C8H8F5N3O/c9-6(10)5-3(1-14)7(15)16-2-4(5)17-8(11,12)13/h2,6H,1,14H2,(H2,15,16). The molecule has 0 fully saturated rings. The molecule has 0 aliphatic rings. The van der Waals surface area contributed by atoms with Crippen LogP contribution in [0, 0.1) is 0 Å². The second kappa shape index (κ2) is 4.70. The van der Waals surface area contributed by atoms with E-state index in [-0.39, 0.29) is 11.4 Å². The third-order valence-corrected chi connectivity index (χ3v) is 1.87. The average molecular weight is 257 g/mol.